The number of rotatable bonds is 2. The van der Waals surface area contributed by atoms with E-state index >= 15 is 0 Å². The molecule has 2 fully saturated rings. The van der Waals surface area contributed by atoms with Crippen LogP contribution in [-0.4, -0.2) is 61.0 Å². The maximum Gasteiger partial charge on any atom is 0.236 e. The second kappa shape index (κ2) is 4.94. The molecule has 1 unspecified atom stereocenters. The van der Waals surface area contributed by atoms with E-state index < -0.39 is 0 Å². The van der Waals surface area contributed by atoms with Crippen molar-refractivity contribution in [3.8, 4) is 0 Å². The van der Waals surface area contributed by atoms with Crippen LogP contribution < -0.4 is 5.32 Å². The number of carbonyl (C=O) groups is 1. The summed E-state index contributed by atoms with van der Waals surface area (Å²) in [5.74, 6) is 0.321. The highest BCUT2D eigenvalue weighted by molar-refractivity contribution is 5.78. The van der Waals surface area contributed by atoms with Crippen LogP contribution in [-0.2, 0) is 4.79 Å². The zero-order valence-electron chi connectivity index (χ0n) is 9.54. The largest absolute Gasteiger partial charge is 0.339 e. The van der Waals surface area contributed by atoms with E-state index in [0.29, 0.717) is 18.5 Å². The van der Waals surface area contributed by atoms with Gasteiger partial charge >= 0.3 is 0 Å². The maximum atomic E-state index is 12.0. The standard InChI is InChI=1S/C11H21N3O/c1-10-3-2-6-14(10)11(15)9-13-7-4-12-5-8-13/h10,12H,2-9H2,1H3. The second-order valence-electron chi connectivity index (χ2n) is 4.60. The van der Waals surface area contributed by atoms with E-state index in [9.17, 15) is 4.79 Å². The Hall–Kier alpha value is -0.610. The lowest BCUT2D eigenvalue weighted by Gasteiger charge is -2.29. The summed E-state index contributed by atoms with van der Waals surface area (Å²) in [7, 11) is 0. The highest BCUT2D eigenvalue weighted by Crippen LogP contribution is 2.16. The maximum absolute atomic E-state index is 12.0. The molecule has 86 valence electrons. The predicted octanol–water partition coefficient (Wildman–Crippen LogP) is -0.0975. The van der Waals surface area contributed by atoms with Crippen LogP contribution in [0.5, 0.6) is 0 Å². The highest BCUT2D eigenvalue weighted by Gasteiger charge is 2.26. The summed E-state index contributed by atoms with van der Waals surface area (Å²) in [6.45, 7) is 7.79. The smallest absolute Gasteiger partial charge is 0.236 e. The lowest BCUT2D eigenvalue weighted by Crippen LogP contribution is -2.48. The van der Waals surface area contributed by atoms with Crippen molar-refractivity contribution in [1.82, 2.24) is 15.1 Å². The summed E-state index contributed by atoms with van der Waals surface area (Å²) in [6.07, 6.45) is 2.35. The van der Waals surface area contributed by atoms with Gasteiger partial charge in [0, 0.05) is 38.8 Å². The topological polar surface area (TPSA) is 35.6 Å². The van der Waals surface area contributed by atoms with Crippen molar-refractivity contribution in [2.75, 3.05) is 39.3 Å². The minimum Gasteiger partial charge on any atom is -0.339 e. The molecule has 0 spiro atoms. The zero-order valence-corrected chi connectivity index (χ0v) is 9.54. The molecule has 2 rings (SSSR count). The predicted molar refractivity (Wildman–Crippen MR) is 59.7 cm³/mol. The monoisotopic (exact) mass is 211 g/mol. The van der Waals surface area contributed by atoms with E-state index in [1.54, 1.807) is 0 Å². The number of carbonyl (C=O) groups excluding carboxylic acids is 1. The van der Waals surface area contributed by atoms with Crippen LogP contribution in [0.1, 0.15) is 19.8 Å². The average molecular weight is 211 g/mol. The van der Waals surface area contributed by atoms with Gasteiger partial charge in [-0.1, -0.05) is 0 Å². The van der Waals surface area contributed by atoms with E-state index in [-0.39, 0.29) is 0 Å². The minimum absolute atomic E-state index is 0.321. The second-order valence-corrected chi connectivity index (χ2v) is 4.60. The lowest BCUT2D eigenvalue weighted by atomic mass is 10.2. The fourth-order valence-corrected chi connectivity index (χ4v) is 2.46. The van der Waals surface area contributed by atoms with Crippen molar-refractivity contribution in [2.24, 2.45) is 0 Å². The minimum atomic E-state index is 0.321. The third kappa shape index (κ3) is 2.69. The summed E-state index contributed by atoms with van der Waals surface area (Å²) in [5, 5.41) is 3.30. The van der Waals surface area contributed by atoms with Gasteiger partial charge in [0.25, 0.3) is 0 Å². The molecule has 1 amide bonds. The van der Waals surface area contributed by atoms with Gasteiger partial charge in [0.05, 0.1) is 6.54 Å². The van der Waals surface area contributed by atoms with Crippen molar-refractivity contribution in [3.05, 3.63) is 0 Å². The molecule has 0 aromatic rings. The fourth-order valence-electron chi connectivity index (χ4n) is 2.46. The summed E-state index contributed by atoms with van der Waals surface area (Å²) in [4.78, 5) is 16.3. The van der Waals surface area contributed by atoms with Crippen molar-refractivity contribution < 1.29 is 4.79 Å². The molecule has 0 bridgehead atoms. The molecule has 1 atom stereocenters. The van der Waals surface area contributed by atoms with Crippen LogP contribution in [0.25, 0.3) is 0 Å². The lowest BCUT2D eigenvalue weighted by molar-refractivity contribution is -0.133. The number of nitrogens with one attached hydrogen (secondary N) is 1. The Morgan fingerprint density at radius 3 is 2.67 bits per heavy atom. The molecule has 15 heavy (non-hydrogen) atoms. The Morgan fingerprint density at radius 2 is 2.07 bits per heavy atom. The third-order valence-corrected chi connectivity index (χ3v) is 3.44. The normalized spacial score (nSPS) is 28.3. The molecule has 0 radical (unpaired) electrons. The van der Waals surface area contributed by atoms with Gasteiger partial charge in [-0.15, -0.1) is 0 Å². The number of piperazine rings is 1. The summed E-state index contributed by atoms with van der Waals surface area (Å²) in [6, 6.07) is 0.459. The summed E-state index contributed by atoms with van der Waals surface area (Å²) < 4.78 is 0. The van der Waals surface area contributed by atoms with E-state index in [1.165, 1.54) is 12.8 Å². The van der Waals surface area contributed by atoms with Crippen molar-refractivity contribution in [2.45, 2.75) is 25.8 Å². The molecular weight excluding hydrogens is 190 g/mol. The Balaban J connectivity index is 1.80. The number of hydrogen-bond acceptors (Lipinski definition) is 3. The van der Waals surface area contributed by atoms with Crippen LogP contribution in [0.2, 0.25) is 0 Å². The number of hydrogen-bond donors (Lipinski definition) is 1. The molecule has 2 heterocycles. The first-order valence-corrected chi connectivity index (χ1v) is 6.00. The van der Waals surface area contributed by atoms with Gasteiger partial charge in [-0.25, -0.2) is 0 Å². The summed E-state index contributed by atoms with van der Waals surface area (Å²) >= 11 is 0. The first kappa shape index (κ1) is 10.9. The average Bonchev–Trinajstić information content (AvgIpc) is 2.66. The van der Waals surface area contributed by atoms with Gasteiger partial charge in [-0.3, -0.25) is 9.69 Å². The van der Waals surface area contributed by atoms with Crippen LogP contribution >= 0.6 is 0 Å². The Labute approximate surface area is 91.6 Å². The Kier molecular flexibility index (Phi) is 3.59. The Bertz CT molecular complexity index is 226. The van der Waals surface area contributed by atoms with Gasteiger partial charge in [0.1, 0.15) is 0 Å². The summed E-state index contributed by atoms with van der Waals surface area (Å²) in [5.41, 5.74) is 0. The van der Waals surface area contributed by atoms with Crippen molar-refractivity contribution in [3.63, 3.8) is 0 Å². The molecule has 0 aliphatic carbocycles. The van der Waals surface area contributed by atoms with Crippen LogP contribution in [0, 0.1) is 0 Å². The SMILES string of the molecule is CC1CCCN1C(=O)CN1CCNCC1. The molecule has 0 aromatic heterocycles. The zero-order chi connectivity index (χ0) is 10.7. The molecule has 4 nitrogen and oxygen atoms in total. The van der Waals surface area contributed by atoms with Gasteiger partial charge in [-0.2, -0.15) is 0 Å². The molecular formula is C11H21N3O. The van der Waals surface area contributed by atoms with Crippen LogP contribution in [0.4, 0.5) is 0 Å². The molecule has 0 aromatic carbocycles. The third-order valence-electron chi connectivity index (χ3n) is 3.44. The van der Waals surface area contributed by atoms with Gasteiger partial charge in [-0.05, 0) is 19.8 Å². The first-order valence-electron chi connectivity index (χ1n) is 6.00. The molecule has 2 aliphatic heterocycles. The number of nitrogens with zero attached hydrogens (tertiary/aromatic N) is 2. The Morgan fingerprint density at radius 1 is 1.33 bits per heavy atom. The molecule has 1 N–H and O–H groups in total. The van der Waals surface area contributed by atoms with E-state index in [0.717, 1.165) is 32.7 Å². The number of amides is 1. The quantitative estimate of drug-likeness (QED) is 0.693. The van der Waals surface area contributed by atoms with Gasteiger partial charge in [0.2, 0.25) is 5.91 Å². The van der Waals surface area contributed by atoms with Gasteiger partial charge < -0.3 is 10.2 Å². The van der Waals surface area contributed by atoms with Crippen molar-refractivity contribution >= 4 is 5.91 Å². The molecule has 4 heteroatoms. The highest BCUT2D eigenvalue weighted by atomic mass is 16.2. The van der Waals surface area contributed by atoms with Crippen LogP contribution in [0.3, 0.4) is 0 Å². The fraction of sp³-hybridized carbons (Fsp3) is 0.909. The van der Waals surface area contributed by atoms with Crippen molar-refractivity contribution in [1.29, 1.82) is 0 Å². The molecule has 2 aliphatic rings. The van der Waals surface area contributed by atoms with Gasteiger partial charge in [0.15, 0.2) is 0 Å². The number of likely N-dealkylation sites (tertiary alicyclic amines) is 1. The van der Waals surface area contributed by atoms with E-state index in [4.69, 9.17) is 0 Å². The molecule has 2 saturated heterocycles. The first-order chi connectivity index (χ1) is 7.27. The molecule has 0 saturated carbocycles. The van der Waals surface area contributed by atoms with E-state index in [2.05, 4.69) is 17.1 Å². The van der Waals surface area contributed by atoms with E-state index in [1.807, 2.05) is 4.90 Å². The van der Waals surface area contributed by atoms with Crippen LogP contribution in [0.15, 0.2) is 0 Å².